The van der Waals surface area contributed by atoms with Crippen LogP contribution >= 0.6 is 0 Å². The van der Waals surface area contributed by atoms with Crippen molar-refractivity contribution < 1.29 is 4.79 Å². The van der Waals surface area contributed by atoms with Gasteiger partial charge in [-0.3, -0.25) is 15.1 Å². The van der Waals surface area contributed by atoms with Crippen molar-refractivity contribution in [3.05, 3.63) is 23.8 Å². The van der Waals surface area contributed by atoms with Crippen molar-refractivity contribution >= 4 is 11.7 Å². The minimum Gasteiger partial charge on any atom is -0.290 e. The molecule has 1 amide bonds. The van der Waals surface area contributed by atoms with Crippen LogP contribution in [0, 0.1) is 5.41 Å². The highest BCUT2D eigenvalue weighted by atomic mass is 16.2. The van der Waals surface area contributed by atoms with Crippen molar-refractivity contribution in [3.63, 3.8) is 0 Å². The second-order valence-electron chi connectivity index (χ2n) is 2.95. The van der Waals surface area contributed by atoms with E-state index in [1.165, 1.54) is 17.1 Å². The topological polar surface area (TPSA) is 44.2 Å². The number of hydrogen-bond acceptors (Lipinski definition) is 2. The molecule has 0 aromatic rings. The van der Waals surface area contributed by atoms with Gasteiger partial charge in [-0.05, 0) is 19.9 Å². The lowest BCUT2D eigenvalue weighted by atomic mass is 10.3. The van der Waals surface area contributed by atoms with Crippen molar-refractivity contribution in [3.8, 4) is 0 Å². The van der Waals surface area contributed by atoms with Crippen LogP contribution in [0.25, 0.3) is 0 Å². The van der Waals surface area contributed by atoms with Gasteiger partial charge in [0.15, 0.2) is 0 Å². The number of hydrogen-bond donors (Lipinski definition) is 1. The number of carbonyl (C=O) groups is 1. The van der Waals surface area contributed by atoms with Crippen molar-refractivity contribution in [2.75, 3.05) is 6.54 Å². The van der Waals surface area contributed by atoms with Crippen LogP contribution < -0.4 is 0 Å². The van der Waals surface area contributed by atoms with E-state index in [9.17, 15) is 4.79 Å². The van der Waals surface area contributed by atoms with E-state index in [1.807, 2.05) is 19.9 Å². The number of allylic oxidation sites excluding steroid dienone is 1. The minimum absolute atomic E-state index is 0.0995. The molecule has 0 saturated carbocycles. The maximum absolute atomic E-state index is 11.1. The minimum atomic E-state index is -0.0995. The van der Waals surface area contributed by atoms with E-state index in [0.717, 1.165) is 5.57 Å². The first-order chi connectivity index (χ1) is 5.61. The number of nitrogens with one attached hydrogen (secondary N) is 1. The predicted octanol–water partition coefficient (Wildman–Crippen LogP) is 1.33. The highest BCUT2D eigenvalue weighted by molar-refractivity contribution is 6.14. The summed E-state index contributed by atoms with van der Waals surface area (Å²) in [7, 11) is 0. The number of rotatable bonds is 2. The van der Waals surface area contributed by atoms with E-state index < -0.39 is 0 Å². The Labute approximate surface area is 71.9 Å². The smallest absolute Gasteiger partial charge is 0.252 e. The first-order valence-corrected chi connectivity index (χ1v) is 3.83. The largest absolute Gasteiger partial charge is 0.290 e. The normalized spacial score (nSPS) is 15.7. The molecule has 0 radical (unpaired) electrons. The first kappa shape index (κ1) is 8.71. The molecule has 0 aromatic heterocycles. The highest BCUT2D eigenvalue weighted by Crippen LogP contribution is 2.04. The Hall–Kier alpha value is -1.38. The van der Waals surface area contributed by atoms with E-state index in [-0.39, 0.29) is 11.7 Å². The molecule has 0 saturated heterocycles. The summed E-state index contributed by atoms with van der Waals surface area (Å²) in [5, 5.41) is 7.37. The summed E-state index contributed by atoms with van der Waals surface area (Å²) in [5.41, 5.74) is 1.16. The van der Waals surface area contributed by atoms with Gasteiger partial charge in [0.25, 0.3) is 5.91 Å². The van der Waals surface area contributed by atoms with Crippen molar-refractivity contribution in [2.45, 2.75) is 13.8 Å². The Balaban J connectivity index is 2.60. The van der Waals surface area contributed by atoms with Crippen LogP contribution in [-0.2, 0) is 4.79 Å². The maximum Gasteiger partial charge on any atom is 0.252 e. The third-order valence-electron chi connectivity index (χ3n) is 1.62. The molecule has 0 fully saturated rings. The highest BCUT2D eigenvalue weighted by Gasteiger charge is 2.18. The van der Waals surface area contributed by atoms with E-state index in [4.69, 9.17) is 5.41 Å². The number of amidine groups is 1. The quantitative estimate of drug-likeness (QED) is 0.615. The van der Waals surface area contributed by atoms with Crippen LogP contribution in [-0.4, -0.2) is 23.2 Å². The summed E-state index contributed by atoms with van der Waals surface area (Å²) in [4.78, 5) is 12.5. The van der Waals surface area contributed by atoms with Gasteiger partial charge in [0, 0.05) is 12.6 Å². The molecule has 0 bridgehead atoms. The third-order valence-corrected chi connectivity index (χ3v) is 1.62. The molecule has 12 heavy (non-hydrogen) atoms. The lowest BCUT2D eigenvalue weighted by Gasteiger charge is -2.12. The summed E-state index contributed by atoms with van der Waals surface area (Å²) < 4.78 is 0. The summed E-state index contributed by atoms with van der Waals surface area (Å²) in [5.74, 6) is 0.176. The van der Waals surface area contributed by atoms with Crippen LogP contribution in [0.2, 0.25) is 0 Å². The fraction of sp³-hybridized carbons (Fsp3) is 0.333. The summed E-state index contributed by atoms with van der Waals surface area (Å²) in [6.45, 7) is 4.45. The zero-order valence-corrected chi connectivity index (χ0v) is 7.29. The van der Waals surface area contributed by atoms with Crippen LogP contribution in [0.4, 0.5) is 0 Å². The van der Waals surface area contributed by atoms with Crippen LogP contribution in [0.3, 0.4) is 0 Å². The van der Waals surface area contributed by atoms with Gasteiger partial charge in [0.05, 0.1) is 0 Å². The molecular formula is C9H12N2O. The molecule has 0 unspecified atom stereocenters. The van der Waals surface area contributed by atoms with Gasteiger partial charge in [-0.1, -0.05) is 11.6 Å². The molecule has 0 atom stereocenters. The number of amides is 1. The van der Waals surface area contributed by atoms with E-state index in [2.05, 4.69) is 0 Å². The molecule has 3 heteroatoms. The molecular weight excluding hydrogens is 152 g/mol. The molecule has 3 nitrogen and oxygen atoms in total. The Bertz CT molecular complexity index is 254. The second-order valence-corrected chi connectivity index (χ2v) is 2.95. The summed E-state index contributed by atoms with van der Waals surface area (Å²) in [6.07, 6.45) is 4.86. The zero-order chi connectivity index (χ0) is 9.14. The van der Waals surface area contributed by atoms with Crippen LogP contribution in [0.15, 0.2) is 23.8 Å². The third kappa shape index (κ3) is 1.81. The summed E-state index contributed by atoms with van der Waals surface area (Å²) >= 11 is 0. The van der Waals surface area contributed by atoms with E-state index in [1.54, 1.807) is 0 Å². The Morgan fingerprint density at radius 3 is 2.67 bits per heavy atom. The molecule has 1 heterocycles. The van der Waals surface area contributed by atoms with Gasteiger partial charge in [0.2, 0.25) is 0 Å². The van der Waals surface area contributed by atoms with E-state index in [0.29, 0.717) is 6.54 Å². The maximum atomic E-state index is 11.1. The fourth-order valence-electron chi connectivity index (χ4n) is 0.911. The number of carbonyl (C=O) groups excluding carboxylic acids is 1. The van der Waals surface area contributed by atoms with Gasteiger partial charge in [-0.2, -0.15) is 0 Å². The predicted molar refractivity (Wildman–Crippen MR) is 48.0 cm³/mol. The molecule has 1 aliphatic heterocycles. The van der Waals surface area contributed by atoms with Gasteiger partial charge < -0.3 is 0 Å². The van der Waals surface area contributed by atoms with E-state index >= 15 is 0 Å². The van der Waals surface area contributed by atoms with Crippen molar-refractivity contribution in [1.82, 2.24) is 4.90 Å². The van der Waals surface area contributed by atoms with Gasteiger partial charge >= 0.3 is 0 Å². The molecule has 64 valence electrons. The number of nitrogens with zero attached hydrogens (tertiary/aromatic N) is 1. The van der Waals surface area contributed by atoms with Gasteiger partial charge in [-0.25, -0.2) is 0 Å². The molecule has 0 aromatic carbocycles. The van der Waals surface area contributed by atoms with Crippen molar-refractivity contribution in [2.24, 2.45) is 0 Å². The first-order valence-electron chi connectivity index (χ1n) is 3.83. The monoisotopic (exact) mass is 164 g/mol. The van der Waals surface area contributed by atoms with Crippen molar-refractivity contribution in [1.29, 1.82) is 5.41 Å². The molecule has 0 aliphatic carbocycles. The average Bonchev–Trinajstić information content (AvgIpc) is 2.28. The lowest BCUT2D eigenvalue weighted by molar-refractivity contribution is -0.121. The SMILES string of the molecule is CC(C)=CCN1C(=N)C=CC1=O. The Kier molecular flexibility index (Phi) is 2.43. The Morgan fingerprint density at radius 2 is 2.25 bits per heavy atom. The lowest BCUT2D eigenvalue weighted by Crippen LogP contribution is -2.29. The molecule has 1 rings (SSSR count). The molecule has 1 N–H and O–H groups in total. The fourth-order valence-corrected chi connectivity index (χ4v) is 0.911. The second kappa shape index (κ2) is 3.34. The zero-order valence-electron chi connectivity index (χ0n) is 7.29. The van der Waals surface area contributed by atoms with Crippen LogP contribution in [0.1, 0.15) is 13.8 Å². The van der Waals surface area contributed by atoms with Gasteiger partial charge in [0.1, 0.15) is 5.84 Å². The van der Waals surface area contributed by atoms with Gasteiger partial charge in [-0.15, -0.1) is 0 Å². The molecule has 0 spiro atoms. The standard InChI is InChI=1S/C9H12N2O/c1-7(2)5-6-11-8(10)3-4-9(11)12/h3-5,10H,6H2,1-2H3. The molecule has 1 aliphatic rings. The Morgan fingerprint density at radius 1 is 1.58 bits per heavy atom. The van der Waals surface area contributed by atoms with Crippen LogP contribution in [0.5, 0.6) is 0 Å². The average molecular weight is 164 g/mol. The summed E-state index contributed by atoms with van der Waals surface area (Å²) in [6, 6.07) is 0.